The van der Waals surface area contributed by atoms with Gasteiger partial charge in [-0.25, -0.2) is 9.97 Å². The van der Waals surface area contributed by atoms with Crippen LogP contribution >= 0.6 is 15.9 Å². The van der Waals surface area contributed by atoms with Crippen LogP contribution in [0.3, 0.4) is 0 Å². The summed E-state index contributed by atoms with van der Waals surface area (Å²) in [6.07, 6.45) is 1.04. The van der Waals surface area contributed by atoms with Crippen molar-refractivity contribution >= 4 is 39.4 Å². The average Bonchev–Trinajstić information content (AvgIpc) is 3.59. The first-order valence-electron chi connectivity index (χ1n) is 10.3. The zero-order valence-electron chi connectivity index (χ0n) is 17.0. The molecule has 170 valence electrons. The highest BCUT2D eigenvalue weighted by Crippen LogP contribution is 2.34. The summed E-state index contributed by atoms with van der Waals surface area (Å²) in [7, 11) is 0. The minimum atomic E-state index is -4.46. The number of hydrogen-bond donors (Lipinski definition) is 2. The molecule has 2 N–H and O–H groups in total. The molecule has 0 bridgehead atoms. The van der Waals surface area contributed by atoms with E-state index in [9.17, 15) is 22.8 Å². The number of carbonyl (C=O) groups excluding carboxylic acids is 2. The Morgan fingerprint density at radius 1 is 1.16 bits per heavy atom. The van der Waals surface area contributed by atoms with Crippen molar-refractivity contribution in [2.75, 3.05) is 23.3 Å². The molecule has 0 aromatic carbocycles. The average molecular weight is 512 g/mol. The molecule has 2 aromatic heterocycles. The second-order valence-corrected chi connectivity index (χ2v) is 8.83. The fourth-order valence-corrected chi connectivity index (χ4v) is 4.19. The lowest BCUT2D eigenvalue weighted by Crippen LogP contribution is -2.48. The molecule has 0 unspecified atom stereocenters. The lowest BCUT2D eigenvalue weighted by Gasteiger charge is -2.34. The highest BCUT2D eigenvalue weighted by atomic mass is 79.9. The van der Waals surface area contributed by atoms with Crippen LogP contribution in [0.1, 0.15) is 41.6 Å². The van der Waals surface area contributed by atoms with Crippen LogP contribution in [0.5, 0.6) is 0 Å². The van der Waals surface area contributed by atoms with Crippen LogP contribution in [0, 0.1) is 5.92 Å². The van der Waals surface area contributed by atoms with Crippen LogP contribution < -0.4 is 15.5 Å². The monoisotopic (exact) mass is 511 g/mol. The van der Waals surface area contributed by atoms with E-state index in [-0.39, 0.29) is 28.2 Å². The molecular formula is C21H21BrF3N5O2. The molecule has 2 amide bonds. The first-order chi connectivity index (χ1) is 15.2. The van der Waals surface area contributed by atoms with Crippen LogP contribution in [-0.2, 0) is 11.0 Å². The number of alkyl halides is 3. The van der Waals surface area contributed by atoms with E-state index in [0.717, 1.165) is 37.9 Å². The molecule has 2 aliphatic rings. The van der Waals surface area contributed by atoms with Crippen molar-refractivity contribution in [3.8, 4) is 0 Å². The first-order valence-corrected chi connectivity index (χ1v) is 11.1. The maximum atomic E-state index is 12.9. The third-order valence-electron chi connectivity index (χ3n) is 5.43. The van der Waals surface area contributed by atoms with Crippen molar-refractivity contribution in [2.24, 2.45) is 5.92 Å². The Balaban J connectivity index is 1.40. The predicted molar refractivity (Wildman–Crippen MR) is 115 cm³/mol. The quantitative estimate of drug-likeness (QED) is 0.633. The van der Waals surface area contributed by atoms with Gasteiger partial charge in [0.25, 0.3) is 5.91 Å². The standard InChI is InChI=1S/C21H21BrF3N5O2/c22-16-9-14(21(23,24)25)10-27-18(16)30-7-1-2-15(11-30)28-20(32)13-5-6-26-17(8-13)29-19(31)12-3-4-12/h5-6,8-10,12,15H,1-4,7,11H2,(H,28,32)(H,26,29,31)/t15-/m1/s1. The number of piperidine rings is 1. The Bertz CT molecular complexity index is 1030. The number of nitrogens with one attached hydrogen (secondary N) is 2. The van der Waals surface area contributed by atoms with Crippen LogP contribution in [0.15, 0.2) is 35.1 Å². The number of amides is 2. The molecule has 32 heavy (non-hydrogen) atoms. The summed E-state index contributed by atoms with van der Waals surface area (Å²) in [5.41, 5.74) is -0.450. The van der Waals surface area contributed by atoms with E-state index in [1.807, 2.05) is 4.90 Å². The van der Waals surface area contributed by atoms with Gasteiger partial charge in [0.1, 0.15) is 11.6 Å². The zero-order chi connectivity index (χ0) is 22.9. The number of pyridine rings is 2. The summed E-state index contributed by atoms with van der Waals surface area (Å²) in [5, 5.41) is 5.68. The fraction of sp³-hybridized carbons (Fsp3) is 0.429. The number of carbonyl (C=O) groups is 2. The second-order valence-electron chi connectivity index (χ2n) is 7.98. The second kappa shape index (κ2) is 9.05. The normalized spacial score (nSPS) is 18.9. The van der Waals surface area contributed by atoms with Gasteiger partial charge in [-0.2, -0.15) is 13.2 Å². The maximum Gasteiger partial charge on any atom is 0.417 e. The minimum absolute atomic E-state index is 0.0284. The van der Waals surface area contributed by atoms with Crippen molar-refractivity contribution in [1.29, 1.82) is 0 Å². The Kier molecular flexibility index (Phi) is 6.36. The fourth-order valence-electron chi connectivity index (χ4n) is 3.59. The Labute approximate surface area is 190 Å². The van der Waals surface area contributed by atoms with Gasteiger partial charge in [0.2, 0.25) is 5.91 Å². The molecule has 1 aliphatic heterocycles. The predicted octanol–water partition coefficient (Wildman–Crippen LogP) is 4.01. The van der Waals surface area contributed by atoms with E-state index in [2.05, 4.69) is 36.5 Å². The number of hydrogen-bond acceptors (Lipinski definition) is 5. The molecule has 7 nitrogen and oxygen atoms in total. The number of anilines is 2. The summed E-state index contributed by atoms with van der Waals surface area (Å²) in [4.78, 5) is 34.6. The highest BCUT2D eigenvalue weighted by Gasteiger charge is 2.33. The molecule has 1 aliphatic carbocycles. The zero-order valence-corrected chi connectivity index (χ0v) is 18.5. The SMILES string of the molecule is O=C(N[C@@H]1CCCN(c2ncc(C(F)(F)F)cc2Br)C1)c1ccnc(NC(=O)C2CC2)c1. The maximum absolute atomic E-state index is 12.9. The first kappa shape index (κ1) is 22.5. The molecule has 1 atom stereocenters. The lowest BCUT2D eigenvalue weighted by atomic mass is 10.0. The summed E-state index contributed by atoms with van der Waals surface area (Å²) in [5.74, 6) is 0.373. The Morgan fingerprint density at radius 3 is 2.62 bits per heavy atom. The van der Waals surface area contributed by atoms with Crippen LogP contribution in [-0.4, -0.2) is 40.9 Å². The van der Waals surface area contributed by atoms with Gasteiger partial charge >= 0.3 is 6.18 Å². The Hall–Kier alpha value is -2.69. The van der Waals surface area contributed by atoms with Gasteiger partial charge in [0.15, 0.2) is 0 Å². The molecule has 2 fully saturated rings. The molecular weight excluding hydrogens is 491 g/mol. The third kappa shape index (κ3) is 5.37. The van der Waals surface area contributed by atoms with Crippen molar-refractivity contribution in [1.82, 2.24) is 15.3 Å². The summed E-state index contributed by atoms with van der Waals surface area (Å²) in [6.45, 7) is 1.04. The molecule has 0 radical (unpaired) electrons. The van der Waals surface area contributed by atoms with Crippen LogP contribution in [0.2, 0.25) is 0 Å². The van der Waals surface area contributed by atoms with E-state index in [0.29, 0.717) is 30.3 Å². The van der Waals surface area contributed by atoms with E-state index in [4.69, 9.17) is 0 Å². The number of nitrogens with zero attached hydrogens (tertiary/aromatic N) is 3. The molecule has 11 heteroatoms. The van der Waals surface area contributed by atoms with Crippen molar-refractivity contribution < 1.29 is 22.8 Å². The number of rotatable bonds is 5. The molecule has 1 saturated heterocycles. The Morgan fingerprint density at radius 2 is 1.94 bits per heavy atom. The smallest absolute Gasteiger partial charge is 0.354 e. The van der Waals surface area contributed by atoms with E-state index >= 15 is 0 Å². The van der Waals surface area contributed by atoms with Gasteiger partial charge < -0.3 is 15.5 Å². The summed E-state index contributed by atoms with van der Waals surface area (Å²) in [6, 6.07) is 3.91. The van der Waals surface area contributed by atoms with Crippen molar-refractivity contribution in [3.63, 3.8) is 0 Å². The van der Waals surface area contributed by atoms with Gasteiger partial charge in [0, 0.05) is 43.0 Å². The minimum Gasteiger partial charge on any atom is -0.354 e. The summed E-state index contributed by atoms with van der Waals surface area (Å²) >= 11 is 3.19. The molecule has 4 rings (SSSR count). The number of halogens is 4. The van der Waals surface area contributed by atoms with Crippen LogP contribution in [0.25, 0.3) is 0 Å². The molecule has 2 aromatic rings. The largest absolute Gasteiger partial charge is 0.417 e. The van der Waals surface area contributed by atoms with Crippen molar-refractivity contribution in [3.05, 3.63) is 46.2 Å². The van der Waals surface area contributed by atoms with E-state index < -0.39 is 11.7 Å². The van der Waals surface area contributed by atoms with Gasteiger partial charge in [-0.3, -0.25) is 9.59 Å². The van der Waals surface area contributed by atoms with E-state index in [1.54, 1.807) is 6.07 Å². The van der Waals surface area contributed by atoms with Gasteiger partial charge in [-0.15, -0.1) is 0 Å². The highest BCUT2D eigenvalue weighted by molar-refractivity contribution is 9.10. The van der Waals surface area contributed by atoms with E-state index in [1.165, 1.54) is 12.3 Å². The molecule has 1 saturated carbocycles. The van der Waals surface area contributed by atoms with Gasteiger partial charge in [-0.1, -0.05) is 0 Å². The third-order valence-corrected chi connectivity index (χ3v) is 6.01. The number of aromatic nitrogens is 2. The van der Waals surface area contributed by atoms with Gasteiger partial charge in [0.05, 0.1) is 10.0 Å². The lowest BCUT2D eigenvalue weighted by molar-refractivity contribution is -0.137. The van der Waals surface area contributed by atoms with Gasteiger partial charge in [-0.05, 0) is 59.8 Å². The molecule has 0 spiro atoms. The topological polar surface area (TPSA) is 87.2 Å². The van der Waals surface area contributed by atoms with Crippen LogP contribution in [0.4, 0.5) is 24.8 Å². The summed E-state index contributed by atoms with van der Waals surface area (Å²) < 4.78 is 39.0. The molecule has 3 heterocycles. The van der Waals surface area contributed by atoms with Crippen molar-refractivity contribution in [2.45, 2.75) is 37.9 Å².